The molecule has 0 bridgehead atoms. The molecule has 0 amide bonds. The minimum atomic E-state index is 0.463. The standard InChI is InChI=1S/C19H23N5O3S/c1-25-14-7-3-8-15(26-2)17(14)24-18(16-9-5-11-27-16)21-22-19(24)23-28-13-6-4-10-20-12-13/h3,5,7-9,11,13,20H,4,6,10,12H2,1-2H3,(H,22,23). The second-order valence-corrected chi connectivity index (χ2v) is 7.47. The van der Waals surface area contributed by atoms with Crippen LogP contribution in [0.3, 0.4) is 0 Å². The van der Waals surface area contributed by atoms with Gasteiger partial charge < -0.3 is 19.2 Å². The van der Waals surface area contributed by atoms with Crippen LogP contribution in [0.4, 0.5) is 5.95 Å². The quantitative estimate of drug-likeness (QED) is 0.583. The Morgan fingerprint density at radius 1 is 1.18 bits per heavy atom. The lowest BCUT2D eigenvalue weighted by Crippen LogP contribution is -2.32. The number of aromatic nitrogens is 3. The van der Waals surface area contributed by atoms with Gasteiger partial charge in [0.2, 0.25) is 11.8 Å². The molecular weight excluding hydrogens is 378 g/mol. The van der Waals surface area contributed by atoms with Crippen molar-refractivity contribution in [2.75, 3.05) is 32.0 Å². The van der Waals surface area contributed by atoms with Crippen LogP contribution >= 0.6 is 11.9 Å². The van der Waals surface area contributed by atoms with Crippen molar-refractivity contribution in [3.05, 3.63) is 36.6 Å². The molecule has 1 aliphatic rings. The molecule has 1 saturated heterocycles. The highest BCUT2D eigenvalue weighted by Gasteiger charge is 2.24. The smallest absolute Gasteiger partial charge is 0.239 e. The number of hydrogen-bond acceptors (Lipinski definition) is 8. The molecular formula is C19H23N5O3S. The summed E-state index contributed by atoms with van der Waals surface area (Å²) >= 11 is 1.65. The molecule has 1 atom stereocenters. The molecule has 0 aliphatic carbocycles. The maximum absolute atomic E-state index is 5.60. The maximum Gasteiger partial charge on any atom is 0.239 e. The number of ether oxygens (including phenoxy) is 2. The number of rotatable bonds is 7. The molecule has 148 valence electrons. The second-order valence-electron chi connectivity index (χ2n) is 6.36. The van der Waals surface area contributed by atoms with Gasteiger partial charge in [0.15, 0.2) is 5.76 Å². The molecule has 3 aromatic rings. The normalized spacial score (nSPS) is 16.7. The summed E-state index contributed by atoms with van der Waals surface area (Å²) in [5.74, 6) is 3.07. The summed E-state index contributed by atoms with van der Waals surface area (Å²) in [6.07, 6.45) is 3.94. The van der Waals surface area contributed by atoms with Gasteiger partial charge in [0, 0.05) is 11.8 Å². The highest BCUT2D eigenvalue weighted by molar-refractivity contribution is 8.01. The van der Waals surface area contributed by atoms with E-state index >= 15 is 0 Å². The summed E-state index contributed by atoms with van der Waals surface area (Å²) < 4.78 is 22.0. The monoisotopic (exact) mass is 401 g/mol. The molecule has 9 heteroatoms. The number of para-hydroxylation sites is 1. The SMILES string of the molecule is COc1cccc(OC)c1-n1c(NSC2CCCNC2)nnc1-c1ccco1. The third kappa shape index (κ3) is 3.67. The lowest BCUT2D eigenvalue weighted by atomic mass is 10.2. The molecule has 8 nitrogen and oxygen atoms in total. The van der Waals surface area contributed by atoms with Crippen molar-refractivity contribution in [1.29, 1.82) is 0 Å². The predicted molar refractivity (Wildman–Crippen MR) is 109 cm³/mol. The van der Waals surface area contributed by atoms with Gasteiger partial charge in [0.25, 0.3) is 0 Å². The van der Waals surface area contributed by atoms with Gasteiger partial charge in [-0.2, -0.15) is 0 Å². The Kier molecular flexibility index (Phi) is 5.73. The van der Waals surface area contributed by atoms with Gasteiger partial charge in [-0.05, 0) is 55.6 Å². The highest BCUT2D eigenvalue weighted by atomic mass is 32.2. The number of hydrogen-bond donors (Lipinski definition) is 2. The molecule has 4 rings (SSSR count). The Morgan fingerprint density at radius 3 is 2.64 bits per heavy atom. The summed E-state index contributed by atoms with van der Waals surface area (Å²) in [6, 6.07) is 9.32. The summed E-state index contributed by atoms with van der Waals surface area (Å²) in [6.45, 7) is 2.04. The molecule has 2 aromatic heterocycles. The van der Waals surface area contributed by atoms with E-state index in [4.69, 9.17) is 13.9 Å². The number of anilines is 1. The number of benzene rings is 1. The van der Waals surface area contributed by atoms with Crippen LogP contribution in [0.2, 0.25) is 0 Å². The van der Waals surface area contributed by atoms with E-state index in [2.05, 4.69) is 20.2 Å². The first-order valence-corrected chi connectivity index (χ1v) is 10.0. The lowest BCUT2D eigenvalue weighted by Gasteiger charge is -2.22. The Balaban J connectivity index is 1.77. The third-order valence-corrected chi connectivity index (χ3v) is 5.63. The van der Waals surface area contributed by atoms with Crippen LogP contribution in [-0.4, -0.2) is 47.3 Å². The largest absolute Gasteiger partial charge is 0.494 e. The number of methoxy groups -OCH3 is 2. The Hall–Kier alpha value is -2.65. The van der Waals surface area contributed by atoms with Crippen LogP contribution < -0.4 is 19.5 Å². The number of piperidine rings is 1. The molecule has 1 fully saturated rings. The van der Waals surface area contributed by atoms with Crippen molar-refractivity contribution in [3.63, 3.8) is 0 Å². The van der Waals surface area contributed by atoms with Gasteiger partial charge in [0.05, 0.1) is 20.5 Å². The van der Waals surface area contributed by atoms with Gasteiger partial charge in [-0.3, -0.25) is 9.29 Å². The lowest BCUT2D eigenvalue weighted by molar-refractivity contribution is 0.391. The molecule has 3 heterocycles. The van der Waals surface area contributed by atoms with Crippen LogP contribution in [0.1, 0.15) is 12.8 Å². The summed E-state index contributed by atoms with van der Waals surface area (Å²) in [4.78, 5) is 0. The van der Waals surface area contributed by atoms with Crippen LogP contribution in [0.5, 0.6) is 11.5 Å². The zero-order valence-electron chi connectivity index (χ0n) is 15.8. The highest BCUT2D eigenvalue weighted by Crippen LogP contribution is 2.38. The summed E-state index contributed by atoms with van der Waals surface area (Å²) in [7, 11) is 3.26. The van der Waals surface area contributed by atoms with Crippen molar-refractivity contribution >= 4 is 17.9 Å². The first-order chi connectivity index (χ1) is 13.8. The average Bonchev–Trinajstić information content (AvgIpc) is 3.42. The van der Waals surface area contributed by atoms with E-state index in [0.29, 0.717) is 40.0 Å². The zero-order valence-corrected chi connectivity index (χ0v) is 16.7. The van der Waals surface area contributed by atoms with Gasteiger partial charge in [-0.15, -0.1) is 10.2 Å². The fourth-order valence-corrected chi connectivity index (χ4v) is 4.13. The van der Waals surface area contributed by atoms with E-state index < -0.39 is 0 Å². The van der Waals surface area contributed by atoms with Gasteiger partial charge >= 0.3 is 0 Å². The molecule has 28 heavy (non-hydrogen) atoms. The maximum atomic E-state index is 5.60. The summed E-state index contributed by atoms with van der Waals surface area (Å²) in [5, 5.41) is 12.6. The van der Waals surface area contributed by atoms with Crippen molar-refractivity contribution in [2.24, 2.45) is 0 Å². The summed E-state index contributed by atoms with van der Waals surface area (Å²) in [5.41, 5.74) is 0.716. The second kappa shape index (κ2) is 8.57. The molecule has 0 radical (unpaired) electrons. The minimum Gasteiger partial charge on any atom is -0.494 e. The predicted octanol–water partition coefficient (Wildman–Crippen LogP) is 3.36. The number of furan rings is 1. The van der Waals surface area contributed by atoms with E-state index in [1.54, 1.807) is 32.4 Å². The Bertz CT molecular complexity index is 884. The molecule has 2 N–H and O–H groups in total. The van der Waals surface area contributed by atoms with Gasteiger partial charge in [-0.1, -0.05) is 6.07 Å². The molecule has 1 aromatic carbocycles. The van der Waals surface area contributed by atoms with Crippen LogP contribution in [0.15, 0.2) is 41.0 Å². The number of nitrogens with one attached hydrogen (secondary N) is 2. The van der Waals surface area contributed by atoms with Crippen molar-refractivity contribution in [3.8, 4) is 28.8 Å². The first-order valence-electron chi connectivity index (χ1n) is 9.15. The molecule has 0 spiro atoms. The van der Waals surface area contributed by atoms with Crippen molar-refractivity contribution < 1.29 is 13.9 Å². The first kappa shape index (κ1) is 18.7. The van der Waals surface area contributed by atoms with E-state index in [9.17, 15) is 0 Å². The van der Waals surface area contributed by atoms with E-state index in [0.717, 1.165) is 19.5 Å². The van der Waals surface area contributed by atoms with Crippen LogP contribution in [0.25, 0.3) is 17.3 Å². The Morgan fingerprint density at radius 2 is 2.00 bits per heavy atom. The van der Waals surface area contributed by atoms with Crippen molar-refractivity contribution in [1.82, 2.24) is 20.1 Å². The minimum absolute atomic E-state index is 0.463. The Labute approximate surface area is 167 Å². The van der Waals surface area contributed by atoms with Crippen molar-refractivity contribution in [2.45, 2.75) is 18.1 Å². The van der Waals surface area contributed by atoms with Gasteiger partial charge in [-0.25, -0.2) is 0 Å². The average molecular weight is 401 g/mol. The topological polar surface area (TPSA) is 86.4 Å². The van der Waals surface area contributed by atoms with Crippen LogP contribution in [0, 0.1) is 0 Å². The van der Waals surface area contributed by atoms with Gasteiger partial charge in [0.1, 0.15) is 17.2 Å². The fraction of sp³-hybridized carbons (Fsp3) is 0.368. The molecule has 1 aliphatic heterocycles. The fourth-order valence-electron chi connectivity index (χ4n) is 3.24. The third-order valence-electron chi connectivity index (χ3n) is 4.60. The van der Waals surface area contributed by atoms with E-state index in [1.807, 2.05) is 34.9 Å². The number of nitrogens with zero attached hydrogens (tertiary/aromatic N) is 3. The molecule has 1 unspecified atom stereocenters. The molecule has 0 saturated carbocycles. The van der Waals surface area contributed by atoms with Crippen LogP contribution in [-0.2, 0) is 0 Å². The van der Waals surface area contributed by atoms with E-state index in [1.165, 1.54) is 6.42 Å². The van der Waals surface area contributed by atoms with E-state index in [-0.39, 0.29) is 0 Å². The zero-order chi connectivity index (χ0) is 19.3.